The number of nitrogens with one attached hydrogen (secondary N) is 1. The molecule has 0 spiro atoms. The van der Waals surface area contributed by atoms with E-state index in [-0.39, 0.29) is 5.91 Å². The van der Waals surface area contributed by atoms with Gasteiger partial charge in [-0.25, -0.2) is 0 Å². The molecular weight excluding hydrogens is 298 g/mol. The highest BCUT2D eigenvalue weighted by molar-refractivity contribution is 6.01. The summed E-state index contributed by atoms with van der Waals surface area (Å²) < 4.78 is 0. The summed E-state index contributed by atoms with van der Waals surface area (Å²) in [5, 5.41) is 4.50. The van der Waals surface area contributed by atoms with E-state index >= 15 is 0 Å². The van der Waals surface area contributed by atoms with Gasteiger partial charge in [-0.1, -0.05) is 18.2 Å². The number of amides is 1. The molecule has 0 radical (unpaired) electrons. The third-order valence-electron chi connectivity index (χ3n) is 4.22. The summed E-state index contributed by atoms with van der Waals surface area (Å²) in [5.74, 6) is 0.204. The molecule has 1 saturated heterocycles. The van der Waals surface area contributed by atoms with Crippen LogP contribution in [-0.4, -0.2) is 18.2 Å². The van der Waals surface area contributed by atoms with Crippen molar-refractivity contribution in [3.8, 4) is 0 Å². The van der Waals surface area contributed by atoms with Crippen molar-refractivity contribution in [3.63, 3.8) is 0 Å². The Bertz CT molecular complexity index is 775. The van der Waals surface area contributed by atoms with Gasteiger partial charge in [-0.15, -0.1) is 0 Å². The van der Waals surface area contributed by atoms with Gasteiger partial charge in [0.25, 0.3) is 0 Å². The minimum atomic E-state index is 0.204. The maximum absolute atomic E-state index is 11.9. The largest absolute Gasteiger partial charge is 0.312 e. The van der Waals surface area contributed by atoms with Crippen LogP contribution in [0.3, 0.4) is 0 Å². The number of nitrogens with zero attached hydrogens (tertiary/aromatic N) is 2. The highest BCUT2D eigenvalue weighted by Gasteiger charge is 2.21. The zero-order valence-electron chi connectivity index (χ0n) is 14.5. The minimum Gasteiger partial charge on any atom is -0.312 e. The topological polar surface area (TPSA) is 44.7 Å². The number of anilines is 2. The predicted octanol–water partition coefficient (Wildman–Crippen LogP) is 4.27. The Morgan fingerprint density at radius 1 is 1.12 bits per heavy atom. The molecule has 2 aromatic carbocycles. The molecule has 3 rings (SSSR count). The Labute approximate surface area is 143 Å². The van der Waals surface area contributed by atoms with Crippen LogP contribution in [0.2, 0.25) is 0 Å². The van der Waals surface area contributed by atoms with Gasteiger partial charge in [0.05, 0.1) is 11.4 Å². The fourth-order valence-electron chi connectivity index (χ4n) is 3.07. The van der Waals surface area contributed by atoms with Crippen molar-refractivity contribution < 1.29 is 4.79 Å². The molecule has 0 aromatic heterocycles. The van der Waals surface area contributed by atoms with Crippen molar-refractivity contribution in [1.29, 1.82) is 0 Å². The molecular formula is C20H23N3O. The van der Waals surface area contributed by atoms with Crippen LogP contribution >= 0.6 is 0 Å². The average Bonchev–Trinajstić information content (AvgIpc) is 2.98. The lowest BCUT2D eigenvalue weighted by Gasteiger charge is -2.16. The average molecular weight is 321 g/mol. The second-order valence-corrected chi connectivity index (χ2v) is 6.38. The fourth-order valence-corrected chi connectivity index (χ4v) is 3.07. The van der Waals surface area contributed by atoms with Gasteiger partial charge in [-0.3, -0.25) is 10.2 Å². The van der Waals surface area contributed by atoms with E-state index in [0.717, 1.165) is 35.6 Å². The van der Waals surface area contributed by atoms with Crippen LogP contribution < -0.4 is 10.3 Å². The molecule has 2 aromatic rings. The molecule has 0 bridgehead atoms. The van der Waals surface area contributed by atoms with Crippen molar-refractivity contribution in [2.45, 2.75) is 33.6 Å². The van der Waals surface area contributed by atoms with Gasteiger partial charge < -0.3 is 4.90 Å². The molecule has 24 heavy (non-hydrogen) atoms. The van der Waals surface area contributed by atoms with Gasteiger partial charge in [0, 0.05) is 18.7 Å². The van der Waals surface area contributed by atoms with E-state index in [2.05, 4.69) is 42.6 Å². The van der Waals surface area contributed by atoms with Gasteiger partial charge in [0.15, 0.2) is 0 Å². The monoisotopic (exact) mass is 321 g/mol. The molecule has 4 heteroatoms. The number of benzene rings is 2. The van der Waals surface area contributed by atoms with Crippen LogP contribution in [0, 0.1) is 13.8 Å². The molecule has 1 aliphatic heterocycles. The fraction of sp³-hybridized carbons (Fsp3) is 0.300. The van der Waals surface area contributed by atoms with Crippen molar-refractivity contribution in [3.05, 3.63) is 59.2 Å². The second kappa shape index (κ2) is 6.87. The van der Waals surface area contributed by atoms with Crippen molar-refractivity contribution >= 4 is 23.0 Å². The molecule has 124 valence electrons. The van der Waals surface area contributed by atoms with Crippen LogP contribution in [0.4, 0.5) is 11.4 Å². The summed E-state index contributed by atoms with van der Waals surface area (Å²) in [6.07, 6.45) is 1.58. The van der Waals surface area contributed by atoms with Crippen LogP contribution in [0.25, 0.3) is 0 Å². The van der Waals surface area contributed by atoms with Gasteiger partial charge >= 0.3 is 0 Å². The lowest BCUT2D eigenvalue weighted by atomic mass is 10.1. The van der Waals surface area contributed by atoms with Gasteiger partial charge in [-0.05, 0) is 68.1 Å². The van der Waals surface area contributed by atoms with E-state index in [4.69, 9.17) is 0 Å². The zero-order valence-corrected chi connectivity index (χ0v) is 14.5. The Morgan fingerprint density at radius 3 is 2.54 bits per heavy atom. The highest BCUT2D eigenvalue weighted by Crippen LogP contribution is 2.22. The van der Waals surface area contributed by atoms with Crippen molar-refractivity contribution in [1.82, 2.24) is 0 Å². The molecule has 0 saturated carbocycles. The van der Waals surface area contributed by atoms with E-state index < -0.39 is 0 Å². The molecule has 1 amide bonds. The van der Waals surface area contributed by atoms with Crippen molar-refractivity contribution in [2.24, 2.45) is 5.10 Å². The number of aryl methyl sites for hydroxylation is 2. The van der Waals surface area contributed by atoms with Gasteiger partial charge in [0.2, 0.25) is 5.91 Å². The summed E-state index contributed by atoms with van der Waals surface area (Å²) in [6.45, 7) is 6.93. The Hall–Kier alpha value is -2.62. The molecule has 0 aliphatic carbocycles. The molecule has 1 heterocycles. The number of carbonyl (C=O) groups is 1. The molecule has 0 unspecified atom stereocenters. The van der Waals surface area contributed by atoms with Crippen LogP contribution in [-0.2, 0) is 4.79 Å². The number of hydrogen-bond donors (Lipinski definition) is 1. The van der Waals surface area contributed by atoms with Gasteiger partial charge in [0.1, 0.15) is 0 Å². The summed E-state index contributed by atoms with van der Waals surface area (Å²) in [4.78, 5) is 13.8. The first-order chi connectivity index (χ1) is 11.5. The maximum Gasteiger partial charge on any atom is 0.227 e. The molecule has 1 aliphatic rings. The van der Waals surface area contributed by atoms with E-state index in [1.165, 1.54) is 11.1 Å². The van der Waals surface area contributed by atoms with E-state index in [9.17, 15) is 4.79 Å². The third-order valence-corrected chi connectivity index (χ3v) is 4.22. The lowest BCUT2D eigenvalue weighted by Crippen LogP contribution is -2.23. The predicted molar refractivity (Wildman–Crippen MR) is 99.8 cm³/mol. The lowest BCUT2D eigenvalue weighted by molar-refractivity contribution is -0.117. The smallest absolute Gasteiger partial charge is 0.227 e. The number of hydrazone groups is 1. The maximum atomic E-state index is 11.9. The Morgan fingerprint density at radius 2 is 1.88 bits per heavy atom. The molecule has 1 N–H and O–H groups in total. The summed E-state index contributed by atoms with van der Waals surface area (Å²) in [6, 6.07) is 14.3. The standard InChI is InChI=1S/C20H23N3O/c1-14-10-15(2)12-18(11-14)22-21-16(3)17-6-4-7-19(13-17)23-9-5-8-20(23)24/h4,6-7,10-13,22H,5,8-9H2,1-3H3/b21-16-. The number of carbonyl (C=O) groups excluding carboxylic acids is 1. The second-order valence-electron chi connectivity index (χ2n) is 6.38. The van der Waals surface area contributed by atoms with Gasteiger partial charge in [-0.2, -0.15) is 5.10 Å². The number of rotatable bonds is 4. The first-order valence-electron chi connectivity index (χ1n) is 8.32. The number of hydrogen-bond acceptors (Lipinski definition) is 3. The molecule has 1 fully saturated rings. The molecule has 4 nitrogen and oxygen atoms in total. The summed E-state index contributed by atoms with van der Waals surface area (Å²) in [7, 11) is 0. The minimum absolute atomic E-state index is 0.204. The first kappa shape index (κ1) is 16.2. The quantitative estimate of drug-likeness (QED) is 0.675. The summed E-state index contributed by atoms with van der Waals surface area (Å²) in [5.41, 5.74) is 9.39. The Kier molecular flexibility index (Phi) is 4.65. The van der Waals surface area contributed by atoms with E-state index in [0.29, 0.717) is 6.42 Å². The van der Waals surface area contributed by atoms with Crippen LogP contribution in [0.15, 0.2) is 47.6 Å². The normalized spacial score (nSPS) is 15.0. The van der Waals surface area contributed by atoms with Crippen LogP contribution in [0.1, 0.15) is 36.5 Å². The van der Waals surface area contributed by atoms with E-state index in [1.54, 1.807) is 0 Å². The van der Waals surface area contributed by atoms with E-state index in [1.807, 2.05) is 36.1 Å². The zero-order chi connectivity index (χ0) is 17.1. The Balaban J connectivity index is 1.79. The molecule has 0 atom stereocenters. The highest BCUT2D eigenvalue weighted by atomic mass is 16.2. The SMILES string of the molecule is C/C(=N/Nc1cc(C)cc(C)c1)c1cccc(N2CCCC2=O)c1. The van der Waals surface area contributed by atoms with Crippen molar-refractivity contribution in [2.75, 3.05) is 16.9 Å². The third kappa shape index (κ3) is 3.65. The first-order valence-corrected chi connectivity index (χ1v) is 8.32. The van der Waals surface area contributed by atoms with Crippen LogP contribution in [0.5, 0.6) is 0 Å². The summed E-state index contributed by atoms with van der Waals surface area (Å²) >= 11 is 0.